The van der Waals surface area contributed by atoms with E-state index in [9.17, 15) is 20.1 Å². The Hall–Kier alpha value is -2.71. The van der Waals surface area contributed by atoms with E-state index in [0.29, 0.717) is 0 Å². The summed E-state index contributed by atoms with van der Waals surface area (Å²) in [5, 5.41) is 33.8. The number of hydrogen-bond acceptors (Lipinski definition) is 6. The minimum Gasteiger partial charge on any atom is -0.490 e. The molecule has 2 aromatic heterocycles. The summed E-state index contributed by atoms with van der Waals surface area (Å²) in [4.78, 5) is 14.0. The first-order valence-corrected chi connectivity index (χ1v) is 12.0. The molecule has 1 aliphatic rings. The summed E-state index contributed by atoms with van der Waals surface area (Å²) in [6, 6.07) is 20.0. The molecule has 2 aromatic carbocycles. The average Bonchev–Trinajstić information content (AvgIpc) is 3.38. The van der Waals surface area contributed by atoms with E-state index in [1.807, 2.05) is 60.7 Å². The van der Waals surface area contributed by atoms with Crippen molar-refractivity contribution in [3.63, 3.8) is 0 Å². The van der Waals surface area contributed by atoms with Crippen molar-refractivity contribution < 1.29 is 24.9 Å². The van der Waals surface area contributed by atoms with Crippen molar-refractivity contribution in [3.05, 3.63) is 81.8 Å². The van der Waals surface area contributed by atoms with Gasteiger partial charge in [0.25, 0.3) is 0 Å². The highest BCUT2D eigenvalue weighted by Crippen LogP contribution is 2.39. The van der Waals surface area contributed by atoms with Crippen LogP contribution in [0.15, 0.2) is 72.0 Å². The van der Waals surface area contributed by atoms with Crippen molar-refractivity contribution in [2.75, 3.05) is 0 Å². The Labute approximate surface area is 192 Å². The Bertz CT molecular complexity index is 1270. The Morgan fingerprint density at radius 1 is 1.00 bits per heavy atom. The fourth-order valence-electron chi connectivity index (χ4n) is 4.24. The van der Waals surface area contributed by atoms with Crippen LogP contribution in [0.4, 0.5) is 0 Å². The number of ether oxygens (including phenoxy) is 1. The van der Waals surface area contributed by atoms with Crippen LogP contribution in [0.2, 0.25) is 0 Å². The molecule has 7 heteroatoms. The van der Waals surface area contributed by atoms with Gasteiger partial charge >= 0.3 is 5.97 Å². The molecule has 0 radical (unpaired) electrons. The van der Waals surface area contributed by atoms with Gasteiger partial charge in [-0.1, -0.05) is 36.4 Å². The van der Waals surface area contributed by atoms with Crippen molar-refractivity contribution in [2.24, 2.45) is 0 Å². The Kier molecular flexibility index (Phi) is 5.51. The normalized spacial score (nSPS) is 21.4. The average molecular weight is 467 g/mol. The minimum absolute atomic E-state index is 0.0561. The Balaban J connectivity index is 1.51. The van der Waals surface area contributed by atoms with Crippen molar-refractivity contribution in [1.82, 2.24) is 0 Å². The van der Waals surface area contributed by atoms with Crippen LogP contribution in [-0.4, -0.2) is 33.0 Å². The highest BCUT2D eigenvalue weighted by Gasteiger charge is 2.47. The Morgan fingerprint density at radius 2 is 1.59 bits per heavy atom. The molecule has 0 unspecified atom stereocenters. The monoisotopic (exact) mass is 466 g/mol. The number of aliphatic carboxylic acids is 1. The van der Waals surface area contributed by atoms with Gasteiger partial charge in [-0.15, -0.1) is 22.7 Å². The number of benzene rings is 2. The first kappa shape index (κ1) is 21.2. The van der Waals surface area contributed by atoms with Gasteiger partial charge in [-0.05, 0) is 47.9 Å². The summed E-state index contributed by atoms with van der Waals surface area (Å²) in [6.45, 7) is 0.206. The molecule has 5 nitrogen and oxygen atoms in total. The lowest BCUT2D eigenvalue weighted by molar-refractivity contribution is -0.157. The topological polar surface area (TPSA) is 87.0 Å². The summed E-state index contributed by atoms with van der Waals surface area (Å²) >= 11 is 3.15. The highest BCUT2D eigenvalue weighted by atomic mass is 32.1. The molecule has 0 saturated heterocycles. The number of carbonyl (C=O) groups is 1. The first-order chi connectivity index (χ1) is 15.4. The van der Waals surface area contributed by atoms with Crippen LogP contribution in [-0.2, 0) is 22.6 Å². The molecule has 2 heterocycles. The van der Waals surface area contributed by atoms with E-state index in [1.54, 1.807) is 22.7 Å². The van der Waals surface area contributed by atoms with Crippen LogP contribution >= 0.6 is 22.7 Å². The smallest absolute Gasteiger partial charge is 0.340 e. The summed E-state index contributed by atoms with van der Waals surface area (Å²) < 4.78 is 8.26. The molecule has 1 aliphatic carbocycles. The van der Waals surface area contributed by atoms with E-state index in [-0.39, 0.29) is 37.2 Å². The van der Waals surface area contributed by atoms with Crippen molar-refractivity contribution in [1.29, 1.82) is 0 Å². The summed E-state index contributed by atoms with van der Waals surface area (Å²) in [6.07, 6.45) is -0.672. The second-order valence-corrected chi connectivity index (χ2v) is 10.4. The summed E-state index contributed by atoms with van der Waals surface area (Å²) in [5.74, 6) is -1.14. The van der Waals surface area contributed by atoms with Crippen molar-refractivity contribution in [2.45, 2.75) is 37.6 Å². The molecule has 0 saturated carbocycles. The molecule has 4 aromatic rings. The van der Waals surface area contributed by atoms with E-state index in [1.165, 1.54) is 0 Å². The number of aliphatic hydroxyl groups excluding tert-OH is 1. The molecular weight excluding hydrogens is 444 g/mol. The van der Waals surface area contributed by atoms with Gasteiger partial charge in [0.15, 0.2) is 5.60 Å². The second-order valence-electron chi connectivity index (χ2n) is 8.03. The predicted molar refractivity (Wildman–Crippen MR) is 127 cm³/mol. The van der Waals surface area contributed by atoms with E-state index in [0.717, 1.165) is 29.9 Å². The number of aliphatic hydroxyl groups is 2. The molecule has 0 bridgehead atoms. The lowest BCUT2D eigenvalue weighted by atomic mass is 9.79. The number of carboxylic acid groups (broad SMARTS) is 1. The molecule has 32 heavy (non-hydrogen) atoms. The third kappa shape index (κ3) is 3.82. The zero-order chi connectivity index (χ0) is 22.3. The fraction of sp³-hybridized carbons (Fsp3) is 0.240. The molecule has 0 fully saturated rings. The number of hydrogen-bond donors (Lipinski definition) is 3. The highest BCUT2D eigenvalue weighted by molar-refractivity contribution is 7.19. The van der Waals surface area contributed by atoms with Gasteiger partial charge in [0.05, 0.1) is 0 Å². The SMILES string of the molecule is O=C(O)[C@@]1(O)CC[C@H](O)C(OCc2cc3ccccc3s2)=C1Cc1cc2ccccc2s1. The van der Waals surface area contributed by atoms with Crippen LogP contribution in [0, 0.1) is 0 Å². The summed E-state index contributed by atoms with van der Waals surface area (Å²) in [5.41, 5.74) is -1.83. The van der Waals surface area contributed by atoms with Crippen LogP contribution < -0.4 is 0 Å². The van der Waals surface area contributed by atoms with Crippen LogP contribution in [0.25, 0.3) is 20.2 Å². The maximum absolute atomic E-state index is 12.1. The number of carboxylic acids is 1. The first-order valence-electron chi connectivity index (χ1n) is 10.4. The third-order valence-electron chi connectivity index (χ3n) is 5.91. The van der Waals surface area contributed by atoms with Gasteiger partial charge in [0.2, 0.25) is 0 Å². The van der Waals surface area contributed by atoms with Gasteiger partial charge in [0.1, 0.15) is 18.5 Å². The van der Waals surface area contributed by atoms with Gasteiger partial charge < -0.3 is 20.1 Å². The molecule has 5 rings (SSSR count). The van der Waals surface area contributed by atoms with Gasteiger partial charge in [-0.3, -0.25) is 0 Å². The van der Waals surface area contributed by atoms with E-state index in [2.05, 4.69) is 0 Å². The van der Waals surface area contributed by atoms with Gasteiger partial charge in [-0.25, -0.2) is 4.79 Å². The number of fused-ring (bicyclic) bond motifs is 2. The van der Waals surface area contributed by atoms with E-state index < -0.39 is 17.7 Å². The van der Waals surface area contributed by atoms with Crippen LogP contribution in [0.3, 0.4) is 0 Å². The zero-order valence-corrected chi connectivity index (χ0v) is 18.8. The number of rotatable bonds is 6. The molecule has 164 valence electrons. The third-order valence-corrected chi connectivity index (χ3v) is 8.11. The number of thiophene rings is 2. The molecule has 0 amide bonds. The van der Waals surface area contributed by atoms with Crippen LogP contribution in [0.1, 0.15) is 22.6 Å². The lowest BCUT2D eigenvalue weighted by Crippen LogP contribution is -2.46. The molecule has 3 N–H and O–H groups in total. The zero-order valence-electron chi connectivity index (χ0n) is 17.2. The largest absolute Gasteiger partial charge is 0.490 e. The maximum Gasteiger partial charge on any atom is 0.340 e. The minimum atomic E-state index is -2.06. The van der Waals surface area contributed by atoms with Crippen molar-refractivity contribution in [3.8, 4) is 0 Å². The second kappa shape index (κ2) is 8.33. The standard InChI is InChI=1S/C25H22O5S2/c26-20-9-10-25(29,24(27)28)19(13-17-11-15-5-1-3-7-21(15)31-17)23(20)30-14-18-12-16-6-2-4-8-22(16)32-18/h1-8,11-12,20,26,29H,9-10,13-14H2,(H,27,28)/t20-,25+/m0/s1. The predicted octanol–water partition coefficient (Wildman–Crippen LogP) is 5.10. The van der Waals surface area contributed by atoms with E-state index in [4.69, 9.17) is 4.74 Å². The fourth-order valence-corrected chi connectivity index (χ4v) is 6.29. The molecular formula is C25H22O5S2. The van der Waals surface area contributed by atoms with Gasteiger partial charge in [0, 0.05) is 31.1 Å². The molecule has 2 atom stereocenters. The molecule has 0 aliphatic heterocycles. The van der Waals surface area contributed by atoms with Gasteiger partial charge in [-0.2, -0.15) is 0 Å². The van der Waals surface area contributed by atoms with Crippen molar-refractivity contribution >= 4 is 48.8 Å². The maximum atomic E-state index is 12.1. The lowest BCUT2D eigenvalue weighted by Gasteiger charge is -2.35. The molecule has 0 spiro atoms. The quantitative estimate of drug-likeness (QED) is 0.368. The van der Waals surface area contributed by atoms with Crippen LogP contribution in [0.5, 0.6) is 0 Å². The Morgan fingerprint density at radius 3 is 2.22 bits per heavy atom. The summed E-state index contributed by atoms with van der Waals surface area (Å²) in [7, 11) is 0. The van der Waals surface area contributed by atoms with E-state index >= 15 is 0 Å².